The highest BCUT2D eigenvalue weighted by molar-refractivity contribution is 7.89. The number of esters is 1. The monoisotopic (exact) mass is 489 g/mol. The molecule has 0 radical (unpaired) electrons. The number of nitro groups is 1. The van der Waals surface area contributed by atoms with E-state index in [1.165, 1.54) is 35.7 Å². The number of ether oxygens (including phenoxy) is 1. The van der Waals surface area contributed by atoms with Gasteiger partial charge in [0, 0.05) is 31.7 Å². The minimum atomic E-state index is -4.09. The number of hydrogen-bond donors (Lipinski definition) is 0. The molecule has 184 valence electrons. The molecular weight excluding hydrogens is 458 g/mol. The van der Waals surface area contributed by atoms with Gasteiger partial charge < -0.3 is 4.74 Å². The van der Waals surface area contributed by atoms with Crippen LogP contribution < -0.4 is 0 Å². The number of carbonyl (C=O) groups is 1. The standard InChI is InChI=1S/C24H31N3O6S/c1-16-12-17(2)20(18(3)13-16)14-22(24(28)33-5)25-10-11-26(19(4)15-25)34(31,32)23-9-7-6-8-21(23)27(29)30/h6-9,12-13,19,22H,10-11,14-15H2,1-5H3/t19-,22-/m0/s1. The Hall–Kier alpha value is -2.82. The number of nitro benzene ring substituents is 1. The normalized spacial score (nSPS) is 18.4. The van der Waals surface area contributed by atoms with Crippen molar-refractivity contribution in [2.75, 3.05) is 26.7 Å². The van der Waals surface area contributed by atoms with E-state index in [0.717, 1.165) is 22.3 Å². The lowest BCUT2D eigenvalue weighted by molar-refractivity contribution is -0.387. The fourth-order valence-corrected chi connectivity index (χ4v) is 6.56. The molecule has 0 spiro atoms. The zero-order chi connectivity index (χ0) is 25.2. The van der Waals surface area contributed by atoms with E-state index in [9.17, 15) is 23.3 Å². The zero-order valence-corrected chi connectivity index (χ0v) is 21.0. The Morgan fingerprint density at radius 1 is 1.18 bits per heavy atom. The zero-order valence-electron chi connectivity index (χ0n) is 20.1. The number of aryl methyl sites for hydroxylation is 3. The van der Waals surface area contributed by atoms with Crippen LogP contribution in [0.1, 0.15) is 29.2 Å². The second-order valence-electron chi connectivity index (χ2n) is 8.80. The fraction of sp³-hybridized carbons (Fsp3) is 0.458. The highest BCUT2D eigenvalue weighted by Gasteiger charge is 2.40. The van der Waals surface area contributed by atoms with Gasteiger partial charge in [0.25, 0.3) is 5.69 Å². The summed E-state index contributed by atoms with van der Waals surface area (Å²) in [6, 6.07) is 8.46. The number of hydrogen-bond acceptors (Lipinski definition) is 7. The lowest BCUT2D eigenvalue weighted by atomic mass is 9.93. The predicted octanol–water partition coefficient (Wildman–Crippen LogP) is 3.00. The number of benzene rings is 2. The van der Waals surface area contributed by atoms with E-state index < -0.39 is 32.7 Å². The molecule has 0 bridgehead atoms. The van der Waals surface area contributed by atoms with Crippen LogP contribution in [0.3, 0.4) is 0 Å². The molecule has 34 heavy (non-hydrogen) atoms. The molecule has 2 aromatic carbocycles. The molecule has 2 atom stereocenters. The SMILES string of the molecule is COC(=O)[C@H](Cc1c(C)cc(C)cc1C)N1CCN(S(=O)(=O)c2ccccc2[N+](=O)[O-])[C@@H](C)C1. The van der Waals surface area contributed by atoms with Gasteiger partial charge in [0.2, 0.25) is 10.0 Å². The molecule has 9 nitrogen and oxygen atoms in total. The first kappa shape index (κ1) is 25.8. The fourth-order valence-electron chi connectivity index (χ4n) is 4.78. The molecule has 1 aliphatic heterocycles. The van der Waals surface area contributed by atoms with Gasteiger partial charge in [-0.3, -0.25) is 19.8 Å². The third-order valence-corrected chi connectivity index (χ3v) is 8.46. The van der Waals surface area contributed by atoms with Gasteiger partial charge in [-0.15, -0.1) is 0 Å². The molecular formula is C24H31N3O6S. The highest BCUT2D eigenvalue weighted by atomic mass is 32.2. The van der Waals surface area contributed by atoms with Crippen LogP contribution in [0.25, 0.3) is 0 Å². The highest BCUT2D eigenvalue weighted by Crippen LogP contribution is 2.30. The van der Waals surface area contributed by atoms with Crippen molar-refractivity contribution in [2.45, 2.75) is 51.1 Å². The Kier molecular flexibility index (Phi) is 7.74. The molecule has 0 amide bonds. The van der Waals surface area contributed by atoms with Gasteiger partial charge in [-0.2, -0.15) is 4.31 Å². The molecule has 0 aromatic heterocycles. The summed E-state index contributed by atoms with van der Waals surface area (Å²) in [7, 11) is -2.74. The predicted molar refractivity (Wildman–Crippen MR) is 128 cm³/mol. The van der Waals surface area contributed by atoms with Crippen molar-refractivity contribution >= 4 is 21.7 Å². The summed E-state index contributed by atoms with van der Waals surface area (Å²) in [6.45, 7) is 8.51. The van der Waals surface area contributed by atoms with Gasteiger partial charge in [0.1, 0.15) is 6.04 Å². The summed E-state index contributed by atoms with van der Waals surface area (Å²) in [5, 5.41) is 11.4. The minimum Gasteiger partial charge on any atom is -0.468 e. The van der Waals surface area contributed by atoms with E-state index >= 15 is 0 Å². The van der Waals surface area contributed by atoms with Crippen molar-refractivity contribution in [1.82, 2.24) is 9.21 Å². The summed E-state index contributed by atoms with van der Waals surface area (Å²) >= 11 is 0. The van der Waals surface area contributed by atoms with E-state index in [1.807, 2.05) is 25.7 Å². The van der Waals surface area contributed by atoms with Crippen LogP contribution in [0.5, 0.6) is 0 Å². The molecule has 1 fully saturated rings. The third kappa shape index (κ3) is 5.13. The second-order valence-corrected chi connectivity index (χ2v) is 10.7. The number of para-hydroxylation sites is 1. The lowest BCUT2D eigenvalue weighted by Crippen LogP contribution is -2.58. The van der Waals surface area contributed by atoms with Crippen LogP contribution >= 0.6 is 0 Å². The van der Waals surface area contributed by atoms with Crippen LogP contribution in [0.2, 0.25) is 0 Å². The van der Waals surface area contributed by atoms with Gasteiger partial charge in [0.15, 0.2) is 4.90 Å². The molecule has 1 saturated heterocycles. The van der Waals surface area contributed by atoms with E-state index in [4.69, 9.17) is 4.74 Å². The van der Waals surface area contributed by atoms with Crippen molar-refractivity contribution in [2.24, 2.45) is 0 Å². The van der Waals surface area contributed by atoms with E-state index in [-0.39, 0.29) is 17.4 Å². The quantitative estimate of drug-likeness (QED) is 0.334. The first-order valence-electron chi connectivity index (χ1n) is 11.1. The van der Waals surface area contributed by atoms with Crippen LogP contribution in [0, 0.1) is 30.9 Å². The largest absolute Gasteiger partial charge is 0.468 e. The van der Waals surface area contributed by atoms with Crippen molar-refractivity contribution in [1.29, 1.82) is 0 Å². The van der Waals surface area contributed by atoms with Crippen LogP contribution in [0.4, 0.5) is 5.69 Å². The number of piperazine rings is 1. The van der Waals surface area contributed by atoms with Gasteiger partial charge in [-0.05, 0) is 56.9 Å². The summed E-state index contributed by atoms with van der Waals surface area (Å²) in [5.41, 5.74) is 3.96. The maximum atomic E-state index is 13.3. The van der Waals surface area contributed by atoms with E-state index in [2.05, 4.69) is 12.1 Å². The maximum Gasteiger partial charge on any atom is 0.323 e. The van der Waals surface area contributed by atoms with Crippen LogP contribution in [0.15, 0.2) is 41.3 Å². The number of nitrogens with zero attached hydrogens (tertiary/aromatic N) is 3. The minimum absolute atomic E-state index is 0.106. The van der Waals surface area contributed by atoms with Crippen molar-refractivity contribution in [3.63, 3.8) is 0 Å². The number of sulfonamides is 1. The Morgan fingerprint density at radius 3 is 2.35 bits per heavy atom. The molecule has 0 aliphatic carbocycles. The topological polar surface area (TPSA) is 110 Å². The maximum absolute atomic E-state index is 13.3. The molecule has 0 N–H and O–H groups in total. The Labute approximate surface area is 200 Å². The van der Waals surface area contributed by atoms with Crippen LogP contribution in [-0.2, 0) is 26.0 Å². The summed E-state index contributed by atoms with van der Waals surface area (Å²) in [4.78, 5) is 25.1. The smallest absolute Gasteiger partial charge is 0.323 e. The van der Waals surface area contributed by atoms with Gasteiger partial charge in [0.05, 0.1) is 12.0 Å². The number of carbonyl (C=O) groups excluding carboxylic acids is 1. The van der Waals surface area contributed by atoms with E-state index in [0.29, 0.717) is 19.5 Å². The number of methoxy groups -OCH3 is 1. The third-order valence-electron chi connectivity index (χ3n) is 6.40. The first-order valence-corrected chi connectivity index (χ1v) is 12.5. The molecule has 1 heterocycles. The average Bonchev–Trinajstić information content (AvgIpc) is 2.77. The number of rotatable bonds is 7. The molecule has 10 heteroatoms. The average molecular weight is 490 g/mol. The molecule has 0 saturated carbocycles. The Bertz CT molecular complexity index is 1170. The van der Waals surface area contributed by atoms with Crippen molar-refractivity contribution in [3.8, 4) is 0 Å². The van der Waals surface area contributed by atoms with Crippen molar-refractivity contribution < 1.29 is 22.9 Å². The first-order chi connectivity index (χ1) is 16.0. The second kappa shape index (κ2) is 10.2. The molecule has 2 aromatic rings. The summed E-state index contributed by atoms with van der Waals surface area (Å²) in [5.74, 6) is -0.374. The van der Waals surface area contributed by atoms with Crippen LogP contribution in [-0.4, -0.2) is 67.3 Å². The Balaban J connectivity index is 1.86. The lowest BCUT2D eigenvalue weighted by Gasteiger charge is -2.41. The van der Waals surface area contributed by atoms with Gasteiger partial charge >= 0.3 is 5.97 Å². The summed E-state index contributed by atoms with van der Waals surface area (Å²) < 4.78 is 33.0. The molecule has 1 aliphatic rings. The molecule has 0 unspecified atom stereocenters. The van der Waals surface area contributed by atoms with Crippen molar-refractivity contribution in [3.05, 3.63) is 68.8 Å². The summed E-state index contributed by atoms with van der Waals surface area (Å²) in [6.07, 6.45) is 0.453. The Morgan fingerprint density at radius 2 is 1.79 bits per heavy atom. The molecule has 3 rings (SSSR count). The van der Waals surface area contributed by atoms with E-state index in [1.54, 1.807) is 6.92 Å². The van der Waals surface area contributed by atoms with Gasteiger partial charge in [-0.1, -0.05) is 29.8 Å². The van der Waals surface area contributed by atoms with Gasteiger partial charge in [-0.25, -0.2) is 8.42 Å².